The molecule has 0 saturated carbocycles. The van der Waals surface area contributed by atoms with E-state index in [9.17, 15) is 5.26 Å². The van der Waals surface area contributed by atoms with E-state index in [0.29, 0.717) is 5.57 Å². The monoisotopic (exact) mass is 383 g/mol. The summed E-state index contributed by atoms with van der Waals surface area (Å²) in [6.45, 7) is 6.13. The summed E-state index contributed by atoms with van der Waals surface area (Å²) in [5, 5.41) is 9.73. The normalized spacial score (nSPS) is 11.0. The molecule has 0 aliphatic rings. The molecule has 1 aromatic heterocycles. The van der Waals surface area contributed by atoms with E-state index in [-0.39, 0.29) is 0 Å². The largest absolute Gasteiger partial charge is 0.496 e. The van der Waals surface area contributed by atoms with E-state index >= 15 is 0 Å². The second-order valence-corrected chi connectivity index (χ2v) is 6.58. The standard InChI is InChI=1S/C25H25N3O/c1-4-28(5-2)24-11-10-22(25(17-24)29-3)16-23(18-26)20-8-6-19(7-9-20)21-12-14-27-15-13-21/h6-17H,4-5H2,1-3H3/b23-16+. The predicted octanol–water partition coefficient (Wildman–Crippen LogP) is 5.67. The van der Waals surface area contributed by atoms with Crippen molar-refractivity contribution in [3.05, 3.63) is 78.1 Å². The Labute approximate surface area is 172 Å². The molecule has 3 rings (SSSR count). The van der Waals surface area contributed by atoms with Crippen LogP contribution in [0.5, 0.6) is 5.75 Å². The molecule has 0 bridgehead atoms. The minimum Gasteiger partial charge on any atom is -0.496 e. The van der Waals surface area contributed by atoms with E-state index in [1.54, 1.807) is 19.5 Å². The van der Waals surface area contributed by atoms with Crippen LogP contribution < -0.4 is 9.64 Å². The topological polar surface area (TPSA) is 49.2 Å². The number of ether oxygens (including phenoxy) is 1. The van der Waals surface area contributed by atoms with Crippen LogP contribution in [0, 0.1) is 11.3 Å². The maximum atomic E-state index is 9.73. The number of pyridine rings is 1. The average molecular weight is 383 g/mol. The highest BCUT2D eigenvalue weighted by molar-refractivity contribution is 5.91. The number of nitrogens with zero attached hydrogens (tertiary/aromatic N) is 3. The number of hydrogen-bond acceptors (Lipinski definition) is 4. The molecule has 0 atom stereocenters. The van der Waals surface area contributed by atoms with Gasteiger partial charge in [0.1, 0.15) is 5.75 Å². The summed E-state index contributed by atoms with van der Waals surface area (Å²) in [6.07, 6.45) is 5.43. The van der Waals surface area contributed by atoms with Gasteiger partial charge in [0, 0.05) is 42.8 Å². The van der Waals surface area contributed by atoms with Crippen molar-refractivity contribution in [2.45, 2.75) is 13.8 Å². The Morgan fingerprint density at radius 3 is 2.24 bits per heavy atom. The van der Waals surface area contributed by atoms with Crippen molar-refractivity contribution in [3.63, 3.8) is 0 Å². The molecule has 0 saturated heterocycles. The first-order valence-corrected chi connectivity index (χ1v) is 9.75. The molecule has 146 valence electrons. The summed E-state index contributed by atoms with van der Waals surface area (Å²) in [7, 11) is 1.66. The predicted molar refractivity (Wildman–Crippen MR) is 120 cm³/mol. The van der Waals surface area contributed by atoms with Gasteiger partial charge in [-0.1, -0.05) is 24.3 Å². The third-order valence-corrected chi connectivity index (χ3v) is 4.98. The zero-order valence-corrected chi connectivity index (χ0v) is 17.1. The fourth-order valence-electron chi connectivity index (χ4n) is 3.33. The average Bonchev–Trinajstić information content (AvgIpc) is 2.79. The number of anilines is 1. The highest BCUT2D eigenvalue weighted by Gasteiger charge is 2.09. The van der Waals surface area contributed by atoms with E-state index in [1.807, 2.05) is 54.6 Å². The molecule has 4 heteroatoms. The van der Waals surface area contributed by atoms with E-state index in [1.165, 1.54) is 0 Å². The lowest BCUT2D eigenvalue weighted by Crippen LogP contribution is -2.21. The number of aromatic nitrogens is 1. The molecule has 0 spiro atoms. The van der Waals surface area contributed by atoms with Gasteiger partial charge in [-0.3, -0.25) is 4.98 Å². The Balaban J connectivity index is 1.93. The second-order valence-electron chi connectivity index (χ2n) is 6.58. The smallest absolute Gasteiger partial charge is 0.128 e. The van der Waals surface area contributed by atoms with Gasteiger partial charge < -0.3 is 9.64 Å². The van der Waals surface area contributed by atoms with E-state index in [0.717, 1.165) is 46.8 Å². The van der Waals surface area contributed by atoms with Gasteiger partial charge in [-0.05, 0) is 60.9 Å². The SMILES string of the molecule is CCN(CC)c1ccc(/C=C(\C#N)c2ccc(-c3ccncc3)cc2)c(OC)c1. The molecule has 2 aromatic carbocycles. The number of hydrogen-bond donors (Lipinski definition) is 0. The van der Waals surface area contributed by atoms with Crippen LogP contribution >= 0.6 is 0 Å². The summed E-state index contributed by atoms with van der Waals surface area (Å²) >= 11 is 0. The minimum absolute atomic E-state index is 0.597. The van der Waals surface area contributed by atoms with Gasteiger partial charge in [0.15, 0.2) is 0 Å². The zero-order valence-electron chi connectivity index (χ0n) is 17.1. The van der Waals surface area contributed by atoms with Gasteiger partial charge in [0.05, 0.1) is 18.8 Å². The molecule has 4 nitrogen and oxygen atoms in total. The van der Waals surface area contributed by atoms with Gasteiger partial charge in [-0.15, -0.1) is 0 Å². The quantitative estimate of drug-likeness (QED) is 0.390. The zero-order chi connectivity index (χ0) is 20.6. The number of methoxy groups -OCH3 is 1. The van der Waals surface area contributed by atoms with Gasteiger partial charge in [0.25, 0.3) is 0 Å². The van der Waals surface area contributed by atoms with Crippen LogP contribution in [0.1, 0.15) is 25.0 Å². The fourth-order valence-corrected chi connectivity index (χ4v) is 3.33. The van der Waals surface area contributed by atoms with Crippen LogP contribution in [0.3, 0.4) is 0 Å². The summed E-state index contributed by atoms with van der Waals surface area (Å²) in [5.74, 6) is 0.760. The van der Waals surface area contributed by atoms with Crippen molar-refractivity contribution in [1.29, 1.82) is 5.26 Å². The molecule has 0 amide bonds. The summed E-state index contributed by atoms with van der Waals surface area (Å²) in [5.41, 5.74) is 5.67. The summed E-state index contributed by atoms with van der Waals surface area (Å²) in [4.78, 5) is 6.32. The summed E-state index contributed by atoms with van der Waals surface area (Å²) in [6, 6.07) is 20.4. The number of rotatable bonds is 7. The molecule has 0 N–H and O–H groups in total. The summed E-state index contributed by atoms with van der Waals surface area (Å²) < 4.78 is 5.60. The number of benzene rings is 2. The van der Waals surface area contributed by atoms with Crippen molar-refractivity contribution < 1.29 is 4.74 Å². The van der Waals surface area contributed by atoms with Crippen molar-refractivity contribution in [2.24, 2.45) is 0 Å². The van der Waals surface area contributed by atoms with Crippen molar-refractivity contribution in [1.82, 2.24) is 4.98 Å². The fraction of sp³-hybridized carbons (Fsp3) is 0.200. The van der Waals surface area contributed by atoms with Gasteiger partial charge in [0.2, 0.25) is 0 Å². The third kappa shape index (κ3) is 4.64. The van der Waals surface area contributed by atoms with E-state index in [2.05, 4.69) is 35.9 Å². The highest BCUT2D eigenvalue weighted by atomic mass is 16.5. The van der Waals surface area contributed by atoms with Crippen LogP contribution in [-0.4, -0.2) is 25.2 Å². The molecule has 0 radical (unpaired) electrons. The number of allylic oxidation sites excluding steroid dienone is 1. The van der Waals surface area contributed by atoms with E-state index in [4.69, 9.17) is 4.74 Å². The molecule has 0 aliphatic carbocycles. The minimum atomic E-state index is 0.597. The first-order chi connectivity index (χ1) is 14.2. The number of nitriles is 1. The van der Waals surface area contributed by atoms with Crippen LogP contribution in [0.4, 0.5) is 5.69 Å². The maximum absolute atomic E-state index is 9.73. The van der Waals surface area contributed by atoms with Gasteiger partial charge in [-0.25, -0.2) is 0 Å². The van der Waals surface area contributed by atoms with Gasteiger partial charge in [-0.2, -0.15) is 5.26 Å². The van der Waals surface area contributed by atoms with Crippen LogP contribution in [0.25, 0.3) is 22.8 Å². The van der Waals surface area contributed by atoms with E-state index < -0.39 is 0 Å². The molecule has 0 aliphatic heterocycles. The van der Waals surface area contributed by atoms with Crippen molar-refractivity contribution >= 4 is 17.3 Å². The Hall–Kier alpha value is -3.58. The Bertz CT molecular complexity index is 1010. The Morgan fingerprint density at radius 2 is 1.66 bits per heavy atom. The lowest BCUT2D eigenvalue weighted by molar-refractivity contribution is 0.414. The van der Waals surface area contributed by atoms with Crippen LogP contribution in [0.2, 0.25) is 0 Å². The lowest BCUT2D eigenvalue weighted by atomic mass is 9.99. The first-order valence-electron chi connectivity index (χ1n) is 9.75. The Kier molecular flexibility index (Phi) is 6.65. The first kappa shape index (κ1) is 20.2. The molecular weight excluding hydrogens is 358 g/mol. The lowest BCUT2D eigenvalue weighted by Gasteiger charge is -2.22. The second kappa shape index (κ2) is 9.57. The molecular formula is C25H25N3O. The van der Waals surface area contributed by atoms with Gasteiger partial charge >= 0.3 is 0 Å². The van der Waals surface area contributed by atoms with Crippen LogP contribution in [0.15, 0.2) is 67.0 Å². The van der Waals surface area contributed by atoms with Crippen molar-refractivity contribution in [3.8, 4) is 22.9 Å². The molecule has 29 heavy (non-hydrogen) atoms. The van der Waals surface area contributed by atoms with Crippen molar-refractivity contribution in [2.75, 3.05) is 25.1 Å². The Morgan fingerprint density at radius 1 is 1.00 bits per heavy atom. The highest BCUT2D eigenvalue weighted by Crippen LogP contribution is 2.30. The molecule has 0 unspecified atom stereocenters. The molecule has 3 aromatic rings. The molecule has 1 heterocycles. The maximum Gasteiger partial charge on any atom is 0.128 e. The third-order valence-electron chi connectivity index (χ3n) is 4.98. The van der Waals surface area contributed by atoms with Crippen LogP contribution in [-0.2, 0) is 0 Å². The molecule has 0 fully saturated rings.